The predicted octanol–water partition coefficient (Wildman–Crippen LogP) is 3.74. The van der Waals surface area contributed by atoms with Crippen molar-refractivity contribution < 1.29 is 22.7 Å². The standard InChI is InChI=1S/C19H21F3N4O2S/c1-28-13-4-2-12(3-5-13)14-10-16(19(20,21)22)26-17(23-14)11-15(24-26)18(27)25-6-8-29-9-7-25/h2-5,11,14,16,23H,6-10H2,1H3/t14-,16-/m0/s1. The Kier molecular flexibility index (Phi) is 5.37. The molecule has 0 unspecified atom stereocenters. The molecule has 0 bridgehead atoms. The number of thioether (sulfide) groups is 1. The summed E-state index contributed by atoms with van der Waals surface area (Å²) in [4.78, 5) is 14.4. The molecule has 1 amide bonds. The van der Waals surface area contributed by atoms with Crippen molar-refractivity contribution in [2.75, 3.05) is 37.0 Å². The van der Waals surface area contributed by atoms with Crippen LogP contribution in [0, 0.1) is 0 Å². The first-order valence-electron chi connectivity index (χ1n) is 9.30. The molecule has 6 nitrogen and oxygen atoms in total. The molecule has 10 heteroatoms. The molecule has 1 aromatic heterocycles. The number of nitrogens with one attached hydrogen (secondary N) is 1. The minimum absolute atomic E-state index is 0.0454. The van der Waals surface area contributed by atoms with Crippen LogP contribution in [0.15, 0.2) is 30.3 Å². The molecule has 2 aromatic rings. The van der Waals surface area contributed by atoms with Crippen LogP contribution < -0.4 is 10.1 Å². The van der Waals surface area contributed by atoms with Crippen molar-refractivity contribution in [2.24, 2.45) is 0 Å². The van der Waals surface area contributed by atoms with Gasteiger partial charge in [-0.3, -0.25) is 4.79 Å². The fourth-order valence-corrected chi connectivity index (χ4v) is 4.56. The molecule has 2 aliphatic rings. The van der Waals surface area contributed by atoms with Crippen LogP contribution >= 0.6 is 11.8 Å². The second-order valence-corrected chi connectivity index (χ2v) is 8.25. The lowest BCUT2D eigenvalue weighted by atomic mass is 9.97. The third-order valence-electron chi connectivity index (χ3n) is 5.23. The summed E-state index contributed by atoms with van der Waals surface area (Å²) in [7, 11) is 1.53. The Balaban J connectivity index is 1.64. The third-order valence-corrected chi connectivity index (χ3v) is 6.17. The van der Waals surface area contributed by atoms with Crippen LogP contribution in [0.3, 0.4) is 0 Å². The first-order chi connectivity index (χ1) is 13.9. The summed E-state index contributed by atoms with van der Waals surface area (Å²) in [5.41, 5.74) is 0.762. The van der Waals surface area contributed by atoms with Crippen LogP contribution in [0.25, 0.3) is 0 Å². The number of methoxy groups -OCH3 is 1. The summed E-state index contributed by atoms with van der Waals surface area (Å²) >= 11 is 1.75. The van der Waals surface area contributed by atoms with E-state index in [1.165, 1.54) is 13.2 Å². The van der Waals surface area contributed by atoms with Gasteiger partial charge < -0.3 is 15.0 Å². The van der Waals surface area contributed by atoms with Crippen molar-refractivity contribution in [1.82, 2.24) is 14.7 Å². The number of halogens is 3. The van der Waals surface area contributed by atoms with Gasteiger partial charge in [-0.05, 0) is 17.7 Å². The average Bonchev–Trinajstić information content (AvgIpc) is 3.16. The van der Waals surface area contributed by atoms with Crippen molar-refractivity contribution in [3.63, 3.8) is 0 Å². The number of alkyl halides is 3. The van der Waals surface area contributed by atoms with Gasteiger partial charge in [0.15, 0.2) is 11.7 Å². The lowest BCUT2D eigenvalue weighted by Gasteiger charge is -2.33. The molecular formula is C19H21F3N4O2S. The van der Waals surface area contributed by atoms with Crippen LogP contribution in [0.1, 0.15) is 34.6 Å². The largest absolute Gasteiger partial charge is 0.497 e. The topological polar surface area (TPSA) is 59.4 Å². The Bertz CT molecular complexity index is 879. The lowest BCUT2D eigenvalue weighted by molar-refractivity contribution is -0.173. The molecule has 29 heavy (non-hydrogen) atoms. The normalized spacial score (nSPS) is 22.0. The van der Waals surface area contributed by atoms with E-state index in [9.17, 15) is 18.0 Å². The first kappa shape index (κ1) is 19.9. The Morgan fingerprint density at radius 2 is 1.93 bits per heavy atom. The molecule has 4 rings (SSSR count). The molecule has 3 heterocycles. The number of anilines is 1. The molecule has 2 aliphatic heterocycles. The van der Waals surface area contributed by atoms with E-state index in [1.54, 1.807) is 40.9 Å². The van der Waals surface area contributed by atoms with E-state index in [0.29, 0.717) is 24.4 Å². The van der Waals surface area contributed by atoms with E-state index in [0.717, 1.165) is 16.2 Å². The third kappa shape index (κ3) is 4.03. The number of hydrogen-bond donors (Lipinski definition) is 1. The van der Waals surface area contributed by atoms with Gasteiger partial charge >= 0.3 is 6.18 Å². The number of fused-ring (bicyclic) bond motifs is 1. The van der Waals surface area contributed by atoms with Gasteiger partial charge in [0, 0.05) is 37.1 Å². The van der Waals surface area contributed by atoms with Gasteiger partial charge in [0.05, 0.1) is 13.2 Å². The number of ether oxygens (including phenoxy) is 1. The number of amides is 1. The zero-order chi connectivity index (χ0) is 20.6. The maximum Gasteiger partial charge on any atom is 0.410 e. The highest BCUT2D eigenvalue weighted by atomic mass is 32.2. The number of hydrogen-bond acceptors (Lipinski definition) is 5. The van der Waals surface area contributed by atoms with Crippen LogP contribution in [-0.2, 0) is 0 Å². The highest BCUT2D eigenvalue weighted by Crippen LogP contribution is 2.43. The van der Waals surface area contributed by atoms with Crippen molar-refractivity contribution in [2.45, 2.75) is 24.7 Å². The van der Waals surface area contributed by atoms with Crippen LogP contribution in [0.4, 0.5) is 19.0 Å². The molecule has 0 spiro atoms. The molecule has 2 atom stereocenters. The molecule has 1 fully saturated rings. The predicted molar refractivity (Wildman–Crippen MR) is 105 cm³/mol. The zero-order valence-electron chi connectivity index (χ0n) is 15.8. The van der Waals surface area contributed by atoms with E-state index < -0.39 is 18.3 Å². The van der Waals surface area contributed by atoms with Crippen LogP contribution in [0.2, 0.25) is 0 Å². The van der Waals surface area contributed by atoms with Gasteiger partial charge in [0.2, 0.25) is 0 Å². The Hall–Kier alpha value is -2.36. The molecule has 1 saturated heterocycles. The smallest absolute Gasteiger partial charge is 0.410 e. The maximum atomic E-state index is 13.8. The van der Waals surface area contributed by atoms with E-state index >= 15 is 0 Å². The average molecular weight is 426 g/mol. The second kappa shape index (κ2) is 7.81. The zero-order valence-corrected chi connectivity index (χ0v) is 16.6. The molecule has 0 radical (unpaired) electrons. The number of carbonyl (C=O) groups is 1. The summed E-state index contributed by atoms with van der Waals surface area (Å²) < 4.78 is 47.4. The lowest BCUT2D eigenvalue weighted by Crippen LogP contribution is -2.38. The fraction of sp³-hybridized carbons (Fsp3) is 0.474. The summed E-state index contributed by atoms with van der Waals surface area (Å²) in [5.74, 6) is 2.16. The van der Waals surface area contributed by atoms with Crippen molar-refractivity contribution in [3.8, 4) is 5.75 Å². The van der Waals surface area contributed by atoms with Gasteiger partial charge in [0.25, 0.3) is 5.91 Å². The molecule has 156 valence electrons. The van der Waals surface area contributed by atoms with Gasteiger partial charge in [-0.15, -0.1) is 0 Å². The van der Waals surface area contributed by atoms with Gasteiger partial charge in [-0.2, -0.15) is 30.0 Å². The highest BCUT2D eigenvalue weighted by molar-refractivity contribution is 7.99. The fourth-order valence-electron chi connectivity index (χ4n) is 3.66. The van der Waals surface area contributed by atoms with Gasteiger partial charge in [0.1, 0.15) is 11.6 Å². The first-order valence-corrected chi connectivity index (χ1v) is 10.5. The van der Waals surface area contributed by atoms with Crippen molar-refractivity contribution in [3.05, 3.63) is 41.6 Å². The number of carbonyl (C=O) groups excluding carboxylic acids is 1. The van der Waals surface area contributed by atoms with E-state index in [4.69, 9.17) is 4.74 Å². The molecular weight excluding hydrogens is 405 g/mol. The number of nitrogens with zero attached hydrogens (tertiary/aromatic N) is 3. The minimum Gasteiger partial charge on any atom is -0.497 e. The minimum atomic E-state index is -4.48. The number of benzene rings is 1. The quantitative estimate of drug-likeness (QED) is 0.810. The van der Waals surface area contributed by atoms with Crippen molar-refractivity contribution >= 4 is 23.5 Å². The monoisotopic (exact) mass is 426 g/mol. The van der Waals surface area contributed by atoms with E-state index in [-0.39, 0.29) is 23.8 Å². The molecule has 1 N–H and O–H groups in total. The summed E-state index contributed by atoms with van der Waals surface area (Å²) in [6.45, 7) is 1.16. The summed E-state index contributed by atoms with van der Waals surface area (Å²) in [6.07, 6.45) is -4.69. The molecule has 0 saturated carbocycles. The van der Waals surface area contributed by atoms with E-state index in [1.807, 2.05) is 0 Å². The maximum absolute atomic E-state index is 13.8. The highest BCUT2D eigenvalue weighted by Gasteiger charge is 2.47. The number of rotatable bonds is 3. The van der Waals surface area contributed by atoms with Gasteiger partial charge in [-0.25, -0.2) is 4.68 Å². The van der Waals surface area contributed by atoms with Crippen LogP contribution in [-0.4, -0.2) is 58.5 Å². The summed E-state index contributed by atoms with van der Waals surface area (Å²) in [5, 5.41) is 7.16. The SMILES string of the molecule is COc1ccc([C@@H]2C[C@@H](C(F)(F)F)n3nc(C(=O)N4CCSCC4)cc3N2)cc1. The molecule has 0 aliphatic carbocycles. The van der Waals surface area contributed by atoms with Crippen molar-refractivity contribution in [1.29, 1.82) is 0 Å². The molecule has 1 aromatic carbocycles. The second-order valence-electron chi connectivity index (χ2n) is 7.03. The Labute approximate surface area is 170 Å². The Morgan fingerprint density at radius 1 is 1.24 bits per heavy atom. The van der Waals surface area contributed by atoms with E-state index in [2.05, 4.69) is 10.4 Å². The number of aromatic nitrogens is 2. The van der Waals surface area contributed by atoms with Gasteiger partial charge in [-0.1, -0.05) is 12.1 Å². The summed E-state index contributed by atoms with van der Waals surface area (Å²) in [6, 6.07) is 6.00. The van der Waals surface area contributed by atoms with Crippen LogP contribution in [0.5, 0.6) is 5.75 Å². The Morgan fingerprint density at radius 3 is 2.55 bits per heavy atom.